The van der Waals surface area contributed by atoms with Crippen molar-refractivity contribution in [3.8, 4) is 11.5 Å². The zero-order valence-corrected chi connectivity index (χ0v) is 11.3. The molecule has 1 atom stereocenters. The van der Waals surface area contributed by atoms with Gasteiger partial charge in [0.05, 0.1) is 0 Å². The molecule has 1 unspecified atom stereocenters. The van der Waals surface area contributed by atoms with Crippen molar-refractivity contribution >= 4 is 0 Å². The van der Waals surface area contributed by atoms with Gasteiger partial charge < -0.3 is 20.1 Å². The van der Waals surface area contributed by atoms with Crippen molar-refractivity contribution in [3.63, 3.8) is 0 Å². The van der Waals surface area contributed by atoms with E-state index < -0.39 is 0 Å². The van der Waals surface area contributed by atoms with Gasteiger partial charge in [-0.2, -0.15) is 0 Å². The summed E-state index contributed by atoms with van der Waals surface area (Å²) in [6.45, 7) is 6.63. The van der Waals surface area contributed by atoms with Gasteiger partial charge in [0, 0.05) is 19.1 Å². The van der Waals surface area contributed by atoms with Crippen LogP contribution in [0.15, 0.2) is 18.2 Å². The van der Waals surface area contributed by atoms with Crippen LogP contribution in [0.1, 0.15) is 25.5 Å². The lowest BCUT2D eigenvalue weighted by molar-refractivity contribution is 0.174. The van der Waals surface area contributed by atoms with E-state index in [9.17, 15) is 0 Å². The van der Waals surface area contributed by atoms with Gasteiger partial charge in [-0.05, 0) is 30.7 Å². The van der Waals surface area contributed by atoms with Crippen molar-refractivity contribution in [2.24, 2.45) is 11.7 Å². The number of ether oxygens (including phenoxy) is 2. The molecular weight excluding hydrogens is 228 g/mol. The summed E-state index contributed by atoms with van der Waals surface area (Å²) in [7, 11) is 2.10. The fraction of sp³-hybridized carbons (Fsp3) is 0.571. The van der Waals surface area contributed by atoms with Crippen LogP contribution in [-0.2, 0) is 0 Å². The number of hydrogen-bond donors (Lipinski definition) is 1. The Kier molecular flexibility index (Phi) is 4.09. The number of likely N-dealkylation sites (N-methyl/N-ethyl adjacent to an activating group) is 1. The quantitative estimate of drug-likeness (QED) is 0.868. The van der Waals surface area contributed by atoms with Crippen molar-refractivity contribution in [2.45, 2.75) is 19.9 Å². The summed E-state index contributed by atoms with van der Waals surface area (Å²) in [4.78, 5) is 2.26. The molecule has 1 aromatic carbocycles. The Hall–Kier alpha value is -1.26. The second-order valence-corrected chi connectivity index (χ2v) is 5.33. The average Bonchev–Trinajstić information content (AvgIpc) is 2.74. The molecule has 1 aromatic rings. The number of benzene rings is 1. The monoisotopic (exact) mass is 250 g/mol. The van der Waals surface area contributed by atoms with E-state index in [2.05, 4.69) is 25.8 Å². The Labute approximate surface area is 109 Å². The highest BCUT2D eigenvalue weighted by Crippen LogP contribution is 2.33. The van der Waals surface area contributed by atoms with Gasteiger partial charge in [-0.1, -0.05) is 19.9 Å². The number of fused-ring (bicyclic) bond motifs is 1. The van der Waals surface area contributed by atoms with Crippen LogP contribution in [0.4, 0.5) is 0 Å². The average molecular weight is 250 g/mol. The van der Waals surface area contributed by atoms with E-state index in [1.165, 1.54) is 0 Å². The molecule has 0 amide bonds. The fourth-order valence-corrected chi connectivity index (χ4v) is 2.28. The lowest BCUT2D eigenvalue weighted by Gasteiger charge is -2.23. The van der Waals surface area contributed by atoms with E-state index in [0.29, 0.717) is 12.7 Å². The van der Waals surface area contributed by atoms with Crippen molar-refractivity contribution in [3.05, 3.63) is 23.8 Å². The van der Waals surface area contributed by atoms with Crippen LogP contribution in [0, 0.1) is 5.92 Å². The van der Waals surface area contributed by atoms with Crippen molar-refractivity contribution in [2.75, 3.05) is 26.9 Å². The van der Waals surface area contributed by atoms with Crippen LogP contribution >= 0.6 is 0 Å². The van der Waals surface area contributed by atoms with E-state index in [1.807, 2.05) is 18.2 Å². The number of hydrogen-bond acceptors (Lipinski definition) is 4. The predicted octanol–water partition coefficient (Wildman–Crippen LogP) is 2.00. The molecule has 1 aliphatic heterocycles. The molecule has 2 N–H and O–H groups in total. The Morgan fingerprint density at radius 1 is 1.22 bits per heavy atom. The molecular formula is C14H22N2O2. The Balaban J connectivity index is 1.98. The zero-order valence-electron chi connectivity index (χ0n) is 11.3. The second-order valence-electron chi connectivity index (χ2n) is 5.33. The lowest BCUT2D eigenvalue weighted by atomic mass is 10.1. The van der Waals surface area contributed by atoms with Crippen LogP contribution in [0.2, 0.25) is 0 Å². The van der Waals surface area contributed by atoms with Crippen molar-refractivity contribution < 1.29 is 9.47 Å². The molecule has 4 nitrogen and oxygen atoms in total. The summed E-state index contributed by atoms with van der Waals surface area (Å²) in [5, 5.41) is 0. The Bertz CT molecular complexity index is 407. The molecule has 100 valence electrons. The largest absolute Gasteiger partial charge is 0.454 e. The van der Waals surface area contributed by atoms with Crippen LogP contribution in [0.5, 0.6) is 11.5 Å². The zero-order chi connectivity index (χ0) is 13.1. The van der Waals surface area contributed by atoms with E-state index in [1.54, 1.807) is 0 Å². The van der Waals surface area contributed by atoms with Gasteiger partial charge in [0.2, 0.25) is 6.79 Å². The molecule has 18 heavy (non-hydrogen) atoms. The first kappa shape index (κ1) is 13.2. The molecule has 0 fully saturated rings. The maximum Gasteiger partial charge on any atom is 0.231 e. The summed E-state index contributed by atoms with van der Waals surface area (Å²) < 4.78 is 10.7. The fourth-order valence-electron chi connectivity index (χ4n) is 2.28. The molecule has 1 aliphatic rings. The molecule has 0 radical (unpaired) electrons. The summed E-state index contributed by atoms with van der Waals surface area (Å²) >= 11 is 0. The molecule has 0 bridgehead atoms. The second kappa shape index (κ2) is 5.59. The topological polar surface area (TPSA) is 47.7 Å². The molecule has 0 spiro atoms. The van der Waals surface area contributed by atoms with Crippen molar-refractivity contribution in [1.82, 2.24) is 4.90 Å². The first-order chi connectivity index (χ1) is 8.56. The van der Waals surface area contributed by atoms with Gasteiger partial charge in [-0.25, -0.2) is 0 Å². The third-order valence-corrected chi connectivity index (χ3v) is 3.01. The highest BCUT2D eigenvalue weighted by atomic mass is 16.7. The van der Waals surface area contributed by atoms with E-state index in [0.717, 1.165) is 30.2 Å². The number of rotatable bonds is 5. The molecule has 4 heteroatoms. The highest BCUT2D eigenvalue weighted by Gasteiger charge is 2.17. The molecule has 2 rings (SSSR count). The van der Waals surface area contributed by atoms with E-state index in [4.69, 9.17) is 15.2 Å². The minimum Gasteiger partial charge on any atom is -0.454 e. The Morgan fingerprint density at radius 3 is 2.67 bits per heavy atom. The highest BCUT2D eigenvalue weighted by molar-refractivity contribution is 5.45. The normalized spacial score (nSPS) is 15.4. The SMILES string of the molecule is CC(C)CN(C)CC(N)c1ccc2c(c1)OCO2. The van der Waals surface area contributed by atoms with Gasteiger partial charge in [-0.15, -0.1) is 0 Å². The van der Waals surface area contributed by atoms with Crippen LogP contribution < -0.4 is 15.2 Å². The summed E-state index contributed by atoms with van der Waals surface area (Å²) in [6.07, 6.45) is 0. The standard InChI is InChI=1S/C14H22N2O2/c1-10(2)7-16(3)8-12(15)11-4-5-13-14(6-11)18-9-17-13/h4-6,10,12H,7-9,15H2,1-3H3. The number of nitrogens with two attached hydrogens (primary N) is 1. The van der Waals surface area contributed by atoms with Gasteiger partial charge >= 0.3 is 0 Å². The van der Waals surface area contributed by atoms with Crippen LogP contribution in [-0.4, -0.2) is 31.8 Å². The van der Waals surface area contributed by atoms with Crippen LogP contribution in [0.25, 0.3) is 0 Å². The van der Waals surface area contributed by atoms with E-state index in [-0.39, 0.29) is 6.04 Å². The van der Waals surface area contributed by atoms with E-state index >= 15 is 0 Å². The first-order valence-electron chi connectivity index (χ1n) is 6.40. The van der Waals surface area contributed by atoms with Gasteiger partial charge in [0.15, 0.2) is 11.5 Å². The van der Waals surface area contributed by atoms with Crippen LogP contribution in [0.3, 0.4) is 0 Å². The van der Waals surface area contributed by atoms with Gasteiger partial charge in [0.1, 0.15) is 0 Å². The maximum atomic E-state index is 6.23. The third kappa shape index (κ3) is 3.15. The number of nitrogens with zero attached hydrogens (tertiary/aromatic N) is 1. The summed E-state index contributed by atoms with van der Waals surface area (Å²) in [5.74, 6) is 2.26. The van der Waals surface area contributed by atoms with Gasteiger partial charge in [0.25, 0.3) is 0 Å². The molecule has 0 saturated heterocycles. The molecule has 1 heterocycles. The van der Waals surface area contributed by atoms with Crippen molar-refractivity contribution in [1.29, 1.82) is 0 Å². The minimum atomic E-state index is 0.00301. The maximum absolute atomic E-state index is 6.23. The minimum absolute atomic E-state index is 0.00301. The smallest absolute Gasteiger partial charge is 0.231 e. The van der Waals surface area contributed by atoms with Gasteiger partial charge in [-0.3, -0.25) is 0 Å². The summed E-state index contributed by atoms with van der Waals surface area (Å²) in [6, 6.07) is 5.93. The summed E-state index contributed by atoms with van der Waals surface area (Å²) in [5.41, 5.74) is 7.32. The molecule has 0 aliphatic carbocycles. The third-order valence-electron chi connectivity index (χ3n) is 3.01. The predicted molar refractivity (Wildman–Crippen MR) is 71.8 cm³/mol. The molecule has 0 saturated carbocycles. The lowest BCUT2D eigenvalue weighted by Crippen LogP contribution is -2.31. The first-order valence-corrected chi connectivity index (χ1v) is 6.40. The Morgan fingerprint density at radius 2 is 1.94 bits per heavy atom. The molecule has 0 aromatic heterocycles.